The zero-order valence-electron chi connectivity index (χ0n) is 16.7. The van der Waals surface area contributed by atoms with Crippen molar-refractivity contribution in [1.82, 2.24) is 4.98 Å². The number of halogens is 3. The highest BCUT2D eigenvalue weighted by molar-refractivity contribution is 5.73. The van der Waals surface area contributed by atoms with Crippen LogP contribution >= 0.6 is 0 Å². The molecular weight excluding hydrogens is 401 g/mol. The first-order valence-electron chi connectivity index (χ1n) is 10.5. The number of anilines is 1. The summed E-state index contributed by atoms with van der Waals surface area (Å²) in [6, 6.07) is 1.89. The predicted octanol–water partition coefficient (Wildman–Crippen LogP) is 3.76. The van der Waals surface area contributed by atoms with E-state index in [1.165, 1.54) is 0 Å². The number of aliphatic carboxylic acids is 1. The van der Waals surface area contributed by atoms with Crippen LogP contribution in [0.5, 0.6) is 5.75 Å². The van der Waals surface area contributed by atoms with Gasteiger partial charge in [-0.15, -0.1) is 0 Å². The Morgan fingerprint density at radius 1 is 1.27 bits per heavy atom. The van der Waals surface area contributed by atoms with Crippen LogP contribution in [0.4, 0.5) is 18.9 Å². The highest BCUT2D eigenvalue weighted by Gasteiger charge is 2.49. The molecule has 1 aliphatic heterocycles. The minimum atomic E-state index is -4.09. The minimum Gasteiger partial charge on any atom is -0.492 e. The lowest BCUT2D eigenvalue weighted by Crippen LogP contribution is -2.44. The van der Waals surface area contributed by atoms with E-state index in [0.29, 0.717) is 51.3 Å². The Kier molecular flexibility index (Phi) is 6.09. The highest BCUT2D eigenvalue weighted by Crippen LogP contribution is 2.44. The van der Waals surface area contributed by atoms with Crippen LogP contribution in [-0.2, 0) is 9.53 Å². The molecule has 3 aliphatic rings. The monoisotopic (exact) mass is 428 g/mol. The number of hydrogen-bond acceptors (Lipinski definition) is 5. The second-order valence-electron chi connectivity index (χ2n) is 8.65. The van der Waals surface area contributed by atoms with Gasteiger partial charge in [-0.1, -0.05) is 0 Å². The van der Waals surface area contributed by atoms with E-state index in [4.69, 9.17) is 14.6 Å². The van der Waals surface area contributed by atoms with Crippen LogP contribution in [-0.4, -0.2) is 54.6 Å². The summed E-state index contributed by atoms with van der Waals surface area (Å²) in [7, 11) is 0. The Morgan fingerprint density at radius 2 is 2.03 bits per heavy atom. The topological polar surface area (TPSA) is 71.9 Å². The second kappa shape index (κ2) is 8.61. The SMILES string of the molecule is O=C(O)[C@@H]1C[C@H]1[C@@H]1CN(c2cncc(OC[C@H]3CC[C@H](C(F)(F)F)CC3)c2)CCO1. The summed E-state index contributed by atoms with van der Waals surface area (Å²) < 4.78 is 50.0. The Morgan fingerprint density at radius 3 is 2.70 bits per heavy atom. The number of pyridine rings is 1. The molecule has 0 amide bonds. The summed E-state index contributed by atoms with van der Waals surface area (Å²) in [5.74, 6) is -1.46. The third-order valence-electron chi connectivity index (χ3n) is 6.59. The van der Waals surface area contributed by atoms with Gasteiger partial charge in [0.05, 0.1) is 49.2 Å². The summed E-state index contributed by atoms with van der Waals surface area (Å²) in [5, 5.41) is 9.14. The number of hydrogen-bond donors (Lipinski definition) is 1. The Bertz CT molecular complexity index is 752. The molecule has 2 heterocycles. The van der Waals surface area contributed by atoms with Crippen LogP contribution in [0, 0.1) is 23.7 Å². The van der Waals surface area contributed by atoms with Gasteiger partial charge in [0.25, 0.3) is 0 Å². The van der Waals surface area contributed by atoms with Crippen molar-refractivity contribution in [3.63, 3.8) is 0 Å². The van der Waals surface area contributed by atoms with Crippen LogP contribution in [0.3, 0.4) is 0 Å². The van der Waals surface area contributed by atoms with E-state index in [9.17, 15) is 18.0 Å². The molecule has 0 bridgehead atoms. The van der Waals surface area contributed by atoms with Crippen molar-refractivity contribution in [1.29, 1.82) is 0 Å². The van der Waals surface area contributed by atoms with Crippen molar-refractivity contribution >= 4 is 11.7 Å². The van der Waals surface area contributed by atoms with E-state index in [1.807, 2.05) is 6.07 Å². The number of aromatic nitrogens is 1. The van der Waals surface area contributed by atoms with Crippen molar-refractivity contribution < 1.29 is 32.5 Å². The lowest BCUT2D eigenvalue weighted by molar-refractivity contribution is -0.184. The van der Waals surface area contributed by atoms with Gasteiger partial charge in [0.15, 0.2) is 0 Å². The number of carbonyl (C=O) groups is 1. The Labute approximate surface area is 173 Å². The van der Waals surface area contributed by atoms with E-state index >= 15 is 0 Å². The van der Waals surface area contributed by atoms with Gasteiger partial charge in [-0.3, -0.25) is 9.78 Å². The molecular formula is C21H27F3N2O4. The van der Waals surface area contributed by atoms with Gasteiger partial charge in [0, 0.05) is 25.1 Å². The summed E-state index contributed by atoms with van der Waals surface area (Å²) in [6.07, 6.45) is 1.20. The number of nitrogens with zero attached hydrogens (tertiary/aromatic N) is 2. The molecule has 4 rings (SSSR count). The van der Waals surface area contributed by atoms with Crippen molar-refractivity contribution in [2.45, 2.75) is 44.4 Å². The molecule has 30 heavy (non-hydrogen) atoms. The summed E-state index contributed by atoms with van der Waals surface area (Å²) in [5.41, 5.74) is 0.883. The minimum absolute atomic E-state index is 0.0597. The summed E-state index contributed by atoms with van der Waals surface area (Å²) >= 11 is 0. The second-order valence-corrected chi connectivity index (χ2v) is 8.65. The first kappa shape index (κ1) is 21.2. The van der Waals surface area contributed by atoms with E-state index in [2.05, 4.69) is 9.88 Å². The van der Waals surface area contributed by atoms with E-state index in [1.54, 1.807) is 12.4 Å². The standard InChI is InChI=1S/C21H27F3N2O4/c22-21(23,24)14-3-1-13(2-4-14)12-30-16-7-15(9-25-10-16)26-5-6-29-19(11-26)17-8-18(17)20(27)28/h7,9-10,13-14,17-19H,1-6,8,11-12H2,(H,27,28)/t13-,14-,17-,18-,19+/m1/s1. The van der Waals surface area contributed by atoms with Gasteiger partial charge in [0.2, 0.25) is 0 Å². The molecule has 3 fully saturated rings. The number of rotatable bonds is 6. The fourth-order valence-corrected chi connectivity index (χ4v) is 4.61. The number of carboxylic acids is 1. The molecule has 2 aliphatic carbocycles. The molecule has 3 atom stereocenters. The van der Waals surface area contributed by atoms with Crippen LogP contribution in [0.1, 0.15) is 32.1 Å². The fraction of sp³-hybridized carbons (Fsp3) is 0.714. The van der Waals surface area contributed by atoms with Crippen molar-refractivity contribution in [3.8, 4) is 5.75 Å². The molecule has 1 saturated heterocycles. The smallest absolute Gasteiger partial charge is 0.391 e. The van der Waals surface area contributed by atoms with Crippen LogP contribution < -0.4 is 9.64 Å². The van der Waals surface area contributed by atoms with Gasteiger partial charge >= 0.3 is 12.1 Å². The number of alkyl halides is 3. The first-order valence-corrected chi connectivity index (χ1v) is 10.5. The summed E-state index contributed by atoms with van der Waals surface area (Å²) in [6.45, 7) is 2.22. The molecule has 0 aromatic carbocycles. The van der Waals surface area contributed by atoms with Crippen molar-refractivity contribution in [3.05, 3.63) is 18.5 Å². The zero-order chi connectivity index (χ0) is 21.3. The third kappa shape index (κ3) is 4.99. The average Bonchev–Trinajstić information content (AvgIpc) is 3.54. The molecule has 0 unspecified atom stereocenters. The molecule has 1 aromatic rings. The molecule has 166 valence electrons. The largest absolute Gasteiger partial charge is 0.492 e. The normalized spacial score (nSPS) is 32.0. The Hall–Kier alpha value is -2.03. The van der Waals surface area contributed by atoms with Gasteiger partial charge < -0.3 is 19.5 Å². The van der Waals surface area contributed by atoms with Gasteiger partial charge in [0.1, 0.15) is 5.75 Å². The van der Waals surface area contributed by atoms with Crippen LogP contribution in [0.15, 0.2) is 18.5 Å². The first-order chi connectivity index (χ1) is 14.3. The molecule has 1 N–H and O–H groups in total. The third-order valence-corrected chi connectivity index (χ3v) is 6.59. The quantitative estimate of drug-likeness (QED) is 0.744. The number of carboxylic acid groups (broad SMARTS) is 1. The average molecular weight is 428 g/mol. The van der Waals surface area contributed by atoms with Gasteiger partial charge in [-0.05, 0) is 38.0 Å². The fourth-order valence-electron chi connectivity index (χ4n) is 4.61. The van der Waals surface area contributed by atoms with Gasteiger partial charge in [-0.25, -0.2) is 0 Å². The van der Waals surface area contributed by atoms with Crippen LogP contribution in [0.2, 0.25) is 0 Å². The molecule has 0 spiro atoms. The molecule has 2 saturated carbocycles. The highest BCUT2D eigenvalue weighted by atomic mass is 19.4. The Balaban J connectivity index is 1.28. The van der Waals surface area contributed by atoms with Crippen molar-refractivity contribution in [2.24, 2.45) is 23.7 Å². The number of morpholine rings is 1. The van der Waals surface area contributed by atoms with E-state index < -0.39 is 18.1 Å². The maximum Gasteiger partial charge on any atom is 0.391 e. The molecule has 6 nitrogen and oxygen atoms in total. The summed E-state index contributed by atoms with van der Waals surface area (Å²) in [4.78, 5) is 17.5. The van der Waals surface area contributed by atoms with E-state index in [0.717, 1.165) is 5.69 Å². The lowest BCUT2D eigenvalue weighted by Gasteiger charge is -2.34. The maximum absolute atomic E-state index is 12.8. The van der Waals surface area contributed by atoms with E-state index in [-0.39, 0.29) is 36.7 Å². The molecule has 9 heteroatoms. The predicted molar refractivity (Wildman–Crippen MR) is 102 cm³/mol. The molecule has 0 radical (unpaired) electrons. The molecule has 1 aromatic heterocycles. The van der Waals surface area contributed by atoms with Gasteiger partial charge in [-0.2, -0.15) is 13.2 Å². The number of ether oxygens (including phenoxy) is 2. The maximum atomic E-state index is 12.8. The lowest BCUT2D eigenvalue weighted by atomic mass is 9.82. The zero-order valence-corrected chi connectivity index (χ0v) is 16.7. The van der Waals surface area contributed by atoms with Crippen molar-refractivity contribution in [2.75, 3.05) is 31.2 Å². The van der Waals surface area contributed by atoms with Crippen LogP contribution in [0.25, 0.3) is 0 Å².